The SMILES string of the molecule is CN(CCC1CC2CCC(C1)N2)Cc1ccc(Cl)s1. The molecule has 2 nitrogen and oxygen atoms in total. The maximum atomic E-state index is 5.97. The number of piperidine rings is 1. The summed E-state index contributed by atoms with van der Waals surface area (Å²) in [6, 6.07) is 5.80. The number of fused-ring (bicyclic) bond motifs is 2. The Morgan fingerprint density at radius 1 is 1.32 bits per heavy atom. The highest BCUT2D eigenvalue weighted by molar-refractivity contribution is 7.16. The largest absolute Gasteiger partial charge is 0.311 e. The maximum absolute atomic E-state index is 5.97. The Hall–Kier alpha value is -0.0900. The molecule has 1 aromatic heterocycles. The molecule has 2 bridgehead atoms. The van der Waals surface area contributed by atoms with Gasteiger partial charge in [0.15, 0.2) is 0 Å². The quantitative estimate of drug-likeness (QED) is 0.890. The Morgan fingerprint density at radius 3 is 2.68 bits per heavy atom. The number of hydrogen-bond donors (Lipinski definition) is 1. The van der Waals surface area contributed by atoms with Crippen molar-refractivity contribution in [2.45, 2.75) is 50.7 Å². The highest BCUT2D eigenvalue weighted by Gasteiger charge is 2.33. The normalized spacial score (nSPS) is 30.2. The minimum absolute atomic E-state index is 0.824. The Balaban J connectivity index is 1.42. The van der Waals surface area contributed by atoms with Gasteiger partial charge in [-0.15, -0.1) is 11.3 Å². The molecule has 2 aliphatic rings. The van der Waals surface area contributed by atoms with E-state index in [1.165, 1.54) is 43.5 Å². The smallest absolute Gasteiger partial charge is 0.0931 e. The minimum atomic E-state index is 0.824. The van der Waals surface area contributed by atoms with Crippen LogP contribution in [0.1, 0.15) is 37.0 Å². The second kappa shape index (κ2) is 6.13. The van der Waals surface area contributed by atoms with Gasteiger partial charge in [0.25, 0.3) is 0 Å². The first-order valence-electron chi connectivity index (χ1n) is 7.38. The summed E-state index contributed by atoms with van der Waals surface area (Å²) >= 11 is 7.68. The van der Waals surface area contributed by atoms with Gasteiger partial charge in [-0.3, -0.25) is 0 Å². The van der Waals surface area contributed by atoms with Gasteiger partial charge in [-0.25, -0.2) is 0 Å². The Morgan fingerprint density at radius 2 is 2.05 bits per heavy atom. The van der Waals surface area contributed by atoms with Gasteiger partial charge in [0, 0.05) is 23.5 Å². The number of hydrogen-bond acceptors (Lipinski definition) is 3. The molecule has 0 amide bonds. The van der Waals surface area contributed by atoms with E-state index in [0.29, 0.717) is 0 Å². The molecule has 0 radical (unpaired) electrons. The first-order valence-corrected chi connectivity index (χ1v) is 8.57. The summed E-state index contributed by atoms with van der Waals surface area (Å²) in [5, 5.41) is 3.72. The number of rotatable bonds is 5. The molecule has 1 N–H and O–H groups in total. The van der Waals surface area contributed by atoms with Gasteiger partial charge in [0.05, 0.1) is 4.34 Å². The molecule has 0 saturated carbocycles. The van der Waals surface area contributed by atoms with Gasteiger partial charge < -0.3 is 10.2 Å². The molecule has 0 spiro atoms. The molecule has 2 atom stereocenters. The molecule has 0 aliphatic carbocycles. The average molecular weight is 299 g/mol. The molecule has 2 unspecified atom stereocenters. The van der Waals surface area contributed by atoms with Crippen LogP contribution in [0.25, 0.3) is 0 Å². The van der Waals surface area contributed by atoms with Crippen LogP contribution in [-0.2, 0) is 6.54 Å². The maximum Gasteiger partial charge on any atom is 0.0931 e. The lowest BCUT2D eigenvalue weighted by Crippen LogP contribution is -2.38. The van der Waals surface area contributed by atoms with Crippen molar-refractivity contribution >= 4 is 22.9 Å². The van der Waals surface area contributed by atoms with Crippen LogP contribution >= 0.6 is 22.9 Å². The third kappa shape index (κ3) is 3.72. The van der Waals surface area contributed by atoms with Crippen LogP contribution in [0.5, 0.6) is 0 Å². The molecule has 0 aromatic carbocycles. The second-order valence-electron chi connectivity index (χ2n) is 6.21. The van der Waals surface area contributed by atoms with Crippen molar-refractivity contribution in [1.82, 2.24) is 10.2 Å². The van der Waals surface area contributed by atoms with Gasteiger partial charge in [-0.05, 0) is 63.7 Å². The first-order chi connectivity index (χ1) is 9.19. The fourth-order valence-corrected chi connectivity index (χ4v) is 4.76. The predicted octanol–water partition coefficient (Wildman–Crippen LogP) is 3.75. The highest BCUT2D eigenvalue weighted by atomic mass is 35.5. The molecular formula is C15H23ClN2S. The molecule has 19 heavy (non-hydrogen) atoms. The standard InChI is InChI=1S/C15H23ClN2S/c1-18(10-14-4-5-15(16)19-14)7-6-11-8-12-2-3-13(9-11)17-12/h4-5,11-13,17H,2-3,6-10H2,1H3. The number of nitrogens with one attached hydrogen (secondary N) is 1. The van der Waals surface area contributed by atoms with Crippen LogP contribution in [-0.4, -0.2) is 30.6 Å². The topological polar surface area (TPSA) is 15.3 Å². The summed E-state index contributed by atoms with van der Waals surface area (Å²) in [4.78, 5) is 3.81. The van der Waals surface area contributed by atoms with Crippen molar-refractivity contribution in [3.8, 4) is 0 Å². The van der Waals surface area contributed by atoms with E-state index >= 15 is 0 Å². The Labute approximate surface area is 125 Å². The van der Waals surface area contributed by atoms with Crippen molar-refractivity contribution in [2.75, 3.05) is 13.6 Å². The summed E-state index contributed by atoms with van der Waals surface area (Å²) in [5.41, 5.74) is 0. The summed E-state index contributed by atoms with van der Waals surface area (Å²) < 4.78 is 0.901. The summed E-state index contributed by atoms with van der Waals surface area (Å²) in [6.45, 7) is 2.24. The minimum Gasteiger partial charge on any atom is -0.311 e. The van der Waals surface area contributed by atoms with E-state index in [-0.39, 0.29) is 0 Å². The van der Waals surface area contributed by atoms with Crippen LogP contribution < -0.4 is 5.32 Å². The van der Waals surface area contributed by atoms with Crippen LogP contribution in [0, 0.1) is 5.92 Å². The summed E-state index contributed by atoms with van der Waals surface area (Å²) in [6.07, 6.45) is 6.96. The number of nitrogens with zero attached hydrogens (tertiary/aromatic N) is 1. The third-order valence-corrected chi connectivity index (χ3v) is 5.76. The van der Waals surface area contributed by atoms with E-state index in [2.05, 4.69) is 23.3 Å². The van der Waals surface area contributed by atoms with E-state index in [4.69, 9.17) is 11.6 Å². The monoisotopic (exact) mass is 298 g/mol. The fourth-order valence-electron chi connectivity index (χ4n) is 3.60. The molecule has 3 rings (SSSR count). The average Bonchev–Trinajstić information content (AvgIpc) is 2.93. The van der Waals surface area contributed by atoms with E-state index in [9.17, 15) is 0 Å². The molecule has 2 saturated heterocycles. The zero-order valence-corrected chi connectivity index (χ0v) is 13.1. The van der Waals surface area contributed by atoms with E-state index in [1.807, 2.05) is 6.07 Å². The molecular weight excluding hydrogens is 276 g/mol. The summed E-state index contributed by atoms with van der Waals surface area (Å²) in [7, 11) is 2.23. The van der Waals surface area contributed by atoms with E-state index in [0.717, 1.165) is 28.9 Å². The first kappa shape index (κ1) is 13.9. The van der Waals surface area contributed by atoms with Crippen LogP contribution in [0.3, 0.4) is 0 Å². The van der Waals surface area contributed by atoms with Gasteiger partial charge in [-0.2, -0.15) is 0 Å². The molecule has 4 heteroatoms. The van der Waals surface area contributed by atoms with E-state index < -0.39 is 0 Å². The Bertz CT molecular complexity index is 408. The van der Waals surface area contributed by atoms with Gasteiger partial charge in [0.1, 0.15) is 0 Å². The predicted molar refractivity (Wildman–Crippen MR) is 82.9 cm³/mol. The Kier molecular flexibility index (Phi) is 4.47. The van der Waals surface area contributed by atoms with Crippen molar-refractivity contribution in [3.63, 3.8) is 0 Å². The van der Waals surface area contributed by atoms with Crippen molar-refractivity contribution in [1.29, 1.82) is 0 Å². The number of halogens is 1. The molecule has 1 aromatic rings. The lowest BCUT2D eigenvalue weighted by molar-refractivity contribution is 0.239. The van der Waals surface area contributed by atoms with Crippen molar-refractivity contribution in [3.05, 3.63) is 21.3 Å². The highest BCUT2D eigenvalue weighted by Crippen LogP contribution is 2.32. The van der Waals surface area contributed by atoms with Crippen molar-refractivity contribution in [2.24, 2.45) is 5.92 Å². The lowest BCUT2D eigenvalue weighted by atomic mass is 9.89. The molecule has 2 aliphatic heterocycles. The molecule has 2 fully saturated rings. The van der Waals surface area contributed by atoms with Gasteiger partial charge >= 0.3 is 0 Å². The summed E-state index contributed by atoms with van der Waals surface area (Å²) in [5.74, 6) is 0.938. The van der Waals surface area contributed by atoms with Crippen LogP contribution in [0.2, 0.25) is 4.34 Å². The number of thiophene rings is 1. The second-order valence-corrected chi connectivity index (χ2v) is 8.01. The van der Waals surface area contributed by atoms with Crippen LogP contribution in [0.4, 0.5) is 0 Å². The van der Waals surface area contributed by atoms with Gasteiger partial charge in [0.2, 0.25) is 0 Å². The van der Waals surface area contributed by atoms with E-state index in [1.54, 1.807) is 11.3 Å². The molecule has 106 valence electrons. The van der Waals surface area contributed by atoms with Crippen molar-refractivity contribution < 1.29 is 0 Å². The third-order valence-electron chi connectivity index (χ3n) is 4.54. The lowest BCUT2D eigenvalue weighted by Gasteiger charge is -2.30. The zero-order chi connectivity index (χ0) is 13.2. The zero-order valence-electron chi connectivity index (χ0n) is 11.6. The van der Waals surface area contributed by atoms with Gasteiger partial charge in [-0.1, -0.05) is 11.6 Å². The molecule has 3 heterocycles. The fraction of sp³-hybridized carbons (Fsp3) is 0.733. The van der Waals surface area contributed by atoms with Crippen LogP contribution in [0.15, 0.2) is 12.1 Å².